The number of amides is 3. The Labute approximate surface area is 918 Å². The molecule has 0 spiro atoms. The Hall–Kier alpha value is -6.75. The molecule has 0 bridgehead atoms. The predicted molar refractivity (Wildman–Crippen MR) is 595 cm³/mol. The van der Waals surface area contributed by atoms with Crippen molar-refractivity contribution in [2.45, 2.75) is 372 Å². The van der Waals surface area contributed by atoms with Gasteiger partial charge in [-0.3, -0.25) is 14.4 Å². The second-order valence-electron chi connectivity index (χ2n) is 45.8. The van der Waals surface area contributed by atoms with Gasteiger partial charge in [0, 0.05) is 112 Å². The van der Waals surface area contributed by atoms with Gasteiger partial charge in [0.25, 0.3) is 0 Å². The van der Waals surface area contributed by atoms with E-state index in [1.54, 1.807) is 81.6 Å². The van der Waals surface area contributed by atoms with Gasteiger partial charge in [0.1, 0.15) is 28.0 Å². The Balaban J connectivity index is -0.000000314. The zero-order chi connectivity index (χ0) is 114. The van der Waals surface area contributed by atoms with E-state index in [0.717, 1.165) is 18.9 Å². The van der Waals surface area contributed by atoms with E-state index in [1.165, 1.54) is 85.0 Å². The topological polar surface area (TPSA) is 486 Å². The van der Waals surface area contributed by atoms with Crippen LogP contribution >= 0.6 is 33.4 Å². The van der Waals surface area contributed by atoms with Crippen LogP contribution in [0.5, 0.6) is 0 Å². The van der Waals surface area contributed by atoms with E-state index < -0.39 is 114 Å². The number of nitrogens with one attached hydrogen (secondary N) is 2. The Kier molecular flexibility index (Phi) is 66.7. The van der Waals surface area contributed by atoms with Crippen LogP contribution in [0.4, 0.5) is 53.7 Å². The molecule has 5 aromatic rings. The minimum Gasteiger partial charge on any atom is -1.00 e. The molecule has 0 fully saturated rings. The zero-order valence-corrected chi connectivity index (χ0v) is 107. The van der Waals surface area contributed by atoms with Crippen molar-refractivity contribution in [2.24, 2.45) is 0 Å². The zero-order valence-electron chi connectivity index (χ0n) is 97.9. The van der Waals surface area contributed by atoms with Crippen LogP contribution in [0.2, 0.25) is 90.7 Å². The van der Waals surface area contributed by atoms with Gasteiger partial charge in [0.2, 0.25) is 38.8 Å². The van der Waals surface area contributed by atoms with Gasteiger partial charge in [-0.2, -0.15) is 11.1 Å². The molecule has 5 aromatic heterocycles. The fourth-order valence-corrected chi connectivity index (χ4v) is 12.5. The molecule has 3 amide bonds. The molecule has 0 aliphatic carbocycles. The number of Topliss-reactive ketones (excluding diaryl/α,β-unsaturated/α-hetero) is 3. The van der Waals surface area contributed by atoms with E-state index in [2.05, 4.69) is 245 Å². The number of alkyl halides is 1. The molecule has 2 unspecified atom stereocenters. The number of halogens is 3. The number of hydrogen-bond acceptors (Lipinski definition) is 35. The third-order valence-electron chi connectivity index (χ3n) is 21.5. The molecular weight excluding hydrogens is 2060 g/mol. The normalized spacial score (nSPS) is 12.5. The van der Waals surface area contributed by atoms with E-state index in [4.69, 9.17) is 74.3 Å². The Morgan fingerprint density at radius 3 is 0.788 bits per heavy atom. The first kappa shape index (κ1) is 150. The fourth-order valence-electron chi connectivity index (χ4n) is 8.27. The van der Waals surface area contributed by atoms with Crippen molar-refractivity contribution in [1.82, 2.24) is 49.8 Å². The van der Waals surface area contributed by atoms with Crippen LogP contribution in [0.1, 0.15) is 297 Å². The van der Waals surface area contributed by atoms with Crippen molar-refractivity contribution >= 4 is 169 Å². The molecule has 0 aliphatic rings. The predicted octanol–water partition coefficient (Wildman–Crippen LogP) is 20.1. The molecule has 5 N–H and O–H groups in total. The Bertz CT molecular complexity index is 4650. The molecule has 146 heavy (non-hydrogen) atoms. The summed E-state index contributed by atoms with van der Waals surface area (Å²) in [5.74, 6) is 1.41. The molecule has 0 aromatic carbocycles. The molecule has 0 aliphatic heterocycles. The third-order valence-corrected chi connectivity index (χ3v) is 45.2. The summed E-state index contributed by atoms with van der Waals surface area (Å²) in [6, 6.07) is 0. The Morgan fingerprint density at radius 1 is 0.390 bits per heavy atom. The summed E-state index contributed by atoms with van der Waals surface area (Å²) >= 11 is 12.2. The number of hydrogen-bond donors (Lipinski definition) is 5. The largest absolute Gasteiger partial charge is 1.00 e. The van der Waals surface area contributed by atoms with Crippen LogP contribution in [0.25, 0.3) is 0 Å². The number of carbonyl (C=O) groups excluding carboxylic acids is 8. The van der Waals surface area contributed by atoms with E-state index in [0.29, 0.717) is 85.3 Å². The smallest absolute Gasteiger partial charge is 1.00 e. The summed E-state index contributed by atoms with van der Waals surface area (Å²) in [5, 5.41) is 31.6. The molecule has 0 saturated carbocycles. The molecule has 0 saturated heterocycles. The fraction of sp³-hybridized carbons (Fsp3) is 0.711. The van der Waals surface area contributed by atoms with Crippen molar-refractivity contribution in [3.8, 4) is 0 Å². The second kappa shape index (κ2) is 64.9. The molecule has 2 atom stereocenters. The third kappa shape index (κ3) is 67.5. The molecule has 49 heteroatoms. The van der Waals surface area contributed by atoms with E-state index in [9.17, 15) is 51.9 Å². The number of aliphatic hydroxyl groups excluding tert-OH is 3. The van der Waals surface area contributed by atoms with Gasteiger partial charge in [-0.1, -0.05) is 117 Å². The van der Waals surface area contributed by atoms with Crippen LogP contribution in [0.15, 0.2) is 62.0 Å². The van der Waals surface area contributed by atoms with Gasteiger partial charge in [-0.15, -0.1) is 11.6 Å². The monoisotopic (exact) mass is 2230 g/mol. The maximum atomic E-state index is 12.7. The molecule has 831 valence electrons. The van der Waals surface area contributed by atoms with Gasteiger partial charge < -0.3 is 73.5 Å². The maximum Gasteiger partial charge on any atom is 1.00 e. The molecule has 5 heterocycles. The van der Waals surface area contributed by atoms with Crippen LogP contribution < -0.4 is 54.9 Å². The van der Waals surface area contributed by atoms with E-state index in [-0.39, 0.29) is 120 Å². The summed E-state index contributed by atoms with van der Waals surface area (Å²) in [6.45, 7) is 92.5. The van der Waals surface area contributed by atoms with Crippen molar-refractivity contribution in [2.75, 3.05) is 104 Å². The van der Waals surface area contributed by atoms with Crippen molar-refractivity contribution in [3.63, 3.8) is 0 Å². The first-order valence-corrected chi connectivity index (χ1v) is 66.1. The SMILES string of the molecule is CC(=O)c1cnc(N(CCO[Si](C)(C)C(C)(C)C)C(=O)OC(C)(C)C)nc1.CC(=O)c1cnc(NCCO)nc1.CC(=O)c1cnc(NCCO[Si](C)(C)C(C)(C)C)nc1.CC(C)(C)OC(=O)OC(=O)OC(C)(C)C.CC(C)(C)[Si](C)(C)Cl.CC(Cl)c1cnc(N(CCO[Si](C)(C)C(C)(C)C)C(=O)OC(C)(C)C)nc1.CC(O)c1cnc(N(CCO[Si](C)(C)C(C)(C)C)C(=O)OC(C)(C)C)nc1.CO.CS(=O)(=O)Cl.[B].[H-].[Na+]. The van der Waals surface area contributed by atoms with Gasteiger partial charge in [-0.25, -0.2) is 96.9 Å². The first-order valence-electron chi connectivity index (χ1n) is 47.3. The number of ether oxygens (including phenoxy) is 6. The van der Waals surface area contributed by atoms with Crippen LogP contribution in [-0.2, 0) is 55.2 Å². The summed E-state index contributed by atoms with van der Waals surface area (Å²) in [6.07, 6.45) is 11.7. The van der Waals surface area contributed by atoms with Gasteiger partial charge in [0.15, 0.2) is 58.0 Å². The quantitative estimate of drug-likeness (QED) is 0.00357. The van der Waals surface area contributed by atoms with Crippen molar-refractivity contribution in [3.05, 3.63) is 89.8 Å². The number of aliphatic hydroxyl groups is 3. The molecule has 3 radical (unpaired) electrons. The average molecular weight is 2240 g/mol. The average Bonchev–Trinajstić information content (AvgIpc) is 0.835. The summed E-state index contributed by atoms with van der Waals surface area (Å²) in [7, 11) is -6.56. The molecular formula is C97H179BCl3N15NaO23SSi5. The first-order chi connectivity index (χ1) is 64.5. The number of anilines is 5. The summed E-state index contributed by atoms with van der Waals surface area (Å²) in [5.41, 5.74) is -0.506. The minimum absolute atomic E-state index is 0. The van der Waals surface area contributed by atoms with Gasteiger partial charge >= 0.3 is 60.1 Å². The van der Waals surface area contributed by atoms with E-state index >= 15 is 0 Å². The number of aromatic nitrogens is 10. The summed E-state index contributed by atoms with van der Waals surface area (Å²) < 4.78 is 73.7. The van der Waals surface area contributed by atoms with Crippen LogP contribution in [-0.4, -0.2) is 278 Å². The van der Waals surface area contributed by atoms with Crippen molar-refractivity contribution < 1.29 is 139 Å². The number of ketones is 3. The van der Waals surface area contributed by atoms with Gasteiger partial charge in [-0.05, 0) is 216 Å². The molecule has 38 nitrogen and oxygen atoms in total. The number of carbonyl (C=O) groups is 8. The van der Waals surface area contributed by atoms with Crippen LogP contribution in [0, 0.1) is 0 Å². The number of rotatable bonds is 28. The summed E-state index contributed by atoms with van der Waals surface area (Å²) in [4.78, 5) is 139. The van der Waals surface area contributed by atoms with E-state index in [1.807, 2.05) is 48.5 Å². The molecule has 5 rings (SSSR count). The Morgan fingerprint density at radius 2 is 0.596 bits per heavy atom. The minimum atomic E-state index is -3.19. The standard InChI is InChI=1S/C19H34ClN3O3Si.C19H35N3O4Si.C19H33N3O4Si.C14H25N3O2Si.C10H18O5.C8H11N3O2.C6H15ClSi.CH3ClO2S.CH4O.B.Na.H/c1-14(20)15-12-21-16(22-13-15)23(17(24)26-18(2,3)4)10-11-25-27(8,9)19(5,6)7;2*1-14(23)15-12-20-16(21-13-15)22(17(24)26-18(2,3)4)10-11-25-27(8,9)19(5,6)7;1-11(18)12-9-16-13(17-10-12)15-7-8-19-20(5,6)14(2,3)4;1-9(2,3)14-7(11)13-8(12)15-10(4,5)6;1-6(13)7-4-10-8(11-5-7)9-2-3-12;1-6(2,3)8(4,5)7;1-5(2,3)4;1-2;;;/h12-14H,10-11H2,1-9H3;12-14,23H,10-11H2,1-9H3;12-13H,10-11H2,1-9H3;9-10H,7-8H2,1-6H3,(H,15,16,17);1-6H3;4-5,12H,2-3H2,1H3,(H,9,10,11);1-5H3;1H3;2H,1H3;;;/q;;;;;;;;;;+1;-1. The van der Waals surface area contributed by atoms with Crippen molar-refractivity contribution in [1.29, 1.82) is 0 Å². The second-order valence-corrected chi connectivity index (χ2v) is 76.0. The maximum absolute atomic E-state index is 12.7. The van der Waals surface area contributed by atoms with Crippen LogP contribution in [0.3, 0.4) is 0 Å². The number of nitrogens with zero attached hydrogens (tertiary/aromatic N) is 13. The van der Waals surface area contributed by atoms with Gasteiger partial charge in [0.05, 0.1) is 87.1 Å².